The van der Waals surface area contributed by atoms with E-state index in [-0.39, 0.29) is 0 Å². The summed E-state index contributed by atoms with van der Waals surface area (Å²) < 4.78 is 7.71. The summed E-state index contributed by atoms with van der Waals surface area (Å²) >= 11 is 6.42. The zero-order chi connectivity index (χ0) is 22.1. The number of nitrogens with one attached hydrogen (secondary N) is 1. The molecule has 2 aromatic heterocycles. The molecule has 1 saturated heterocycles. The third-order valence-electron chi connectivity index (χ3n) is 6.72. The maximum absolute atomic E-state index is 6.42. The van der Waals surface area contributed by atoms with Crippen LogP contribution in [0.4, 0.5) is 0 Å². The van der Waals surface area contributed by atoms with Gasteiger partial charge in [-0.1, -0.05) is 29.8 Å². The first-order valence-electron chi connectivity index (χ1n) is 11.2. The van der Waals surface area contributed by atoms with Crippen LogP contribution in [-0.4, -0.2) is 29.8 Å². The number of halogens is 1. The van der Waals surface area contributed by atoms with E-state index >= 15 is 0 Å². The van der Waals surface area contributed by atoms with Crippen molar-refractivity contribution in [3.8, 4) is 28.0 Å². The fourth-order valence-electron chi connectivity index (χ4n) is 4.84. The van der Waals surface area contributed by atoms with E-state index in [1.807, 2.05) is 30.6 Å². The molecule has 0 saturated carbocycles. The molecule has 5 heteroatoms. The Morgan fingerprint density at radius 2 is 1.88 bits per heavy atom. The lowest BCUT2D eigenvalue weighted by atomic mass is 9.92. The number of fused-ring (bicyclic) bond motifs is 1. The van der Waals surface area contributed by atoms with E-state index < -0.39 is 0 Å². The second-order valence-corrected chi connectivity index (χ2v) is 9.09. The minimum absolute atomic E-state index is 0.384. The number of rotatable bonds is 5. The van der Waals surface area contributed by atoms with Crippen LogP contribution in [0.1, 0.15) is 25.8 Å². The summed E-state index contributed by atoms with van der Waals surface area (Å²) in [4.78, 5) is 4.57. The second kappa shape index (κ2) is 8.97. The largest absolute Gasteiger partial charge is 0.497 e. The van der Waals surface area contributed by atoms with Crippen LogP contribution in [0.5, 0.6) is 5.75 Å². The molecule has 2 aromatic carbocycles. The first kappa shape index (κ1) is 21.0. The zero-order valence-corrected chi connectivity index (χ0v) is 19.3. The third kappa shape index (κ3) is 4.01. The lowest BCUT2D eigenvalue weighted by molar-refractivity contribution is 0.284. The van der Waals surface area contributed by atoms with Gasteiger partial charge in [-0.2, -0.15) is 0 Å². The van der Waals surface area contributed by atoms with Gasteiger partial charge in [0, 0.05) is 51.7 Å². The molecule has 1 N–H and O–H groups in total. The number of ether oxygens (including phenoxy) is 1. The summed E-state index contributed by atoms with van der Waals surface area (Å²) in [5.74, 6) is 1.46. The number of benzene rings is 2. The molecule has 4 nitrogen and oxygen atoms in total. The van der Waals surface area contributed by atoms with Gasteiger partial charge < -0.3 is 14.6 Å². The van der Waals surface area contributed by atoms with E-state index in [0.29, 0.717) is 12.0 Å². The van der Waals surface area contributed by atoms with Crippen molar-refractivity contribution in [2.75, 3.05) is 20.2 Å². The number of pyridine rings is 1. The van der Waals surface area contributed by atoms with Crippen LogP contribution in [-0.2, 0) is 0 Å². The molecule has 0 bridgehead atoms. The molecule has 3 heterocycles. The highest BCUT2D eigenvalue weighted by molar-refractivity contribution is 6.31. The van der Waals surface area contributed by atoms with Gasteiger partial charge in [-0.15, -0.1) is 0 Å². The lowest BCUT2D eigenvalue weighted by Crippen LogP contribution is -2.34. The summed E-state index contributed by atoms with van der Waals surface area (Å²) in [6, 6.07) is 16.9. The summed E-state index contributed by atoms with van der Waals surface area (Å²) in [5.41, 5.74) is 5.69. The van der Waals surface area contributed by atoms with E-state index in [9.17, 15) is 0 Å². The monoisotopic (exact) mass is 445 g/mol. The number of hydrogen-bond donors (Lipinski definition) is 1. The highest BCUT2D eigenvalue weighted by Gasteiger charge is 2.24. The Morgan fingerprint density at radius 3 is 2.62 bits per heavy atom. The SMILES string of the molecule is COc1ccc(-c2cncc(-c3cn(C(C)C4CCCNC4)c4cc(Cl)ccc34)c2)cc1. The summed E-state index contributed by atoms with van der Waals surface area (Å²) in [6.07, 6.45) is 8.63. The van der Waals surface area contributed by atoms with Gasteiger partial charge in [-0.05, 0) is 74.7 Å². The van der Waals surface area contributed by atoms with E-state index in [1.165, 1.54) is 29.3 Å². The first-order chi connectivity index (χ1) is 15.6. The number of piperidine rings is 1. The average molecular weight is 446 g/mol. The van der Waals surface area contributed by atoms with Crippen LogP contribution in [0.25, 0.3) is 33.2 Å². The Hall–Kier alpha value is -2.82. The molecule has 1 aliphatic rings. The van der Waals surface area contributed by atoms with E-state index in [2.05, 4.69) is 58.3 Å². The van der Waals surface area contributed by atoms with Gasteiger partial charge in [0.25, 0.3) is 0 Å². The smallest absolute Gasteiger partial charge is 0.118 e. The standard InChI is InChI=1S/C27H28ClN3O/c1-18(20-4-3-11-29-14-20)31-17-26(25-10-7-23(28)13-27(25)31)22-12-21(15-30-16-22)19-5-8-24(32-2)9-6-19/h5-10,12-13,15-18,20,29H,3-4,11,14H2,1-2H3. The van der Waals surface area contributed by atoms with Crippen molar-refractivity contribution in [3.05, 3.63) is 72.1 Å². The zero-order valence-electron chi connectivity index (χ0n) is 18.5. The molecule has 1 fully saturated rings. The minimum Gasteiger partial charge on any atom is -0.497 e. The summed E-state index contributed by atoms with van der Waals surface area (Å²) in [7, 11) is 1.68. The van der Waals surface area contributed by atoms with Crippen LogP contribution in [0.2, 0.25) is 5.02 Å². The molecule has 0 spiro atoms. The van der Waals surface area contributed by atoms with Gasteiger partial charge in [0.15, 0.2) is 0 Å². The fraction of sp³-hybridized carbons (Fsp3) is 0.296. The van der Waals surface area contributed by atoms with E-state index in [4.69, 9.17) is 16.3 Å². The molecule has 0 aliphatic carbocycles. The van der Waals surface area contributed by atoms with Crippen LogP contribution >= 0.6 is 11.6 Å². The normalized spacial score (nSPS) is 17.4. The van der Waals surface area contributed by atoms with Crippen molar-refractivity contribution < 1.29 is 4.74 Å². The van der Waals surface area contributed by atoms with Crippen LogP contribution < -0.4 is 10.1 Å². The second-order valence-electron chi connectivity index (χ2n) is 8.65. The highest BCUT2D eigenvalue weighted by Crippen LogP contribution is 2.37. The van der Waals surface area contributed by atoms with E-state index in [0.717, 1.165) is 40.6 Å². The molecular weight excluding hydrogens is 418 g/mol. The Kier molecular flexibility index (Phi) is 5.90. The number of hydrogen-bond acceptors (Lipinski definition) is 3. The Bertz CT molecular complexity index is 1230. The maximum Gasteiger partial charge on any atom is 0.118 e. The number of methoxy groups -OCH3 is 1. The van der Waals surface area contributed by atoms with Crippen LogP contribution in [0, 0.1) is 5.92 Å². The first-order valence-corrected chi connectivity index (χ1v) is 11.6. The minimum atomic E-state index is 0.384. The van der Waals surface area contributed by atoms with Crippen molar-refractivity contribution >= 4 is 22.5 Å². The van der Waals surface area contributed by atoms with Crippen LogP contribution in [0.15, 0.2) is 67.1 Å². The molecule has 1 aliphatic heterocycles. The number of aromatic nitrogens is 2. The number of nitrogens with zero attached hydrogens (tertiary/aromatic N) is 2. The molecule has 164 valence electrons. The van der Waals surface area contributed by atoms with Crippen molar-refractivity contribution in [2.24, 2.45) is 5.92 Å². The summed E-state index contributed by atoms with van der Waals surface area (Å²) in [6.45, 7) is 4.51. The van der Waals surface area contributed by atoms with Crippen molar-refractivity contribution in [3.63, 3.8) is 0 Å². The van der Waals surface area contributed by atoms with Gasteiger partial charge in [0.05, 0.1) is 12.6 Å². The highest BCUT2D eigenvalue weighted by atomic mass is 35.5. The maximum atomic E-state index is 6.42. The van der Waals surface area contributed by atoms with Gasteiger partial charge >= 0.3 is 0 Å². The molecule has 2 atom stereocenters. The molecular formula is C27H28ClN3O. The molecule has 0 amide bonds. The molecule has 2 unspecified atom stereocenters. The third-order valence-corrected chi connectivity index (χ3v) is 6.96. The Labute approximate surface area is 194 Å². The van der Waals surface area contributed by atoms with Gasteiger partial charge in [0.2, 0.25) is 0 Å². The average Bonchev–Trinajstić information content (AvgIpc) is 3.23. The predicted octanol–water partition coefficient (Wildman–Crippen LogP) is 6.59. The molecule has 0 radical (unpaired) electrons. The van der Waals surface area contributed by atoms with Crippen molar-refractivity contribution in [1.29, 1.82) is 0 Å². The molecule has 5 rings (SSSR count). The Balaban J connectivity index is 1.58. The lowest BCUT2D eigenvalue weighted by Gasteiger charge is -2.30. The topological polar surface area (TPSA) is 39.1 Å². The van der Waals surface area contributed by atoms with Crippen molar-refractivity contribution in [2.45, 2.75) is 25.8 Å². The predicted molar refractivity (Wildman–Crippen MR) is 132 cm³/mol. The molecule has 4 aromatic rings. The van der Waals surface area contributed by atoms with Crippen LogP contribution in [0.3, 0.4) is 0 Å². The van der Waals surface area contributed by atoms with Gasteiger partial charge in [-0.3, -0.25) is 4.98 Å². The Morgan fingerprint density at radius 1 is 1.06 bits per heavy atom. The summed E-state index contributed by atoms with van der Waals surface area (Å²) in [5, 5.41) is 5.53. The van der Waals surface area contributed by atoms with Gasteiger partial charge in [-0.25, -0.2) is 0 Å². The van der Waals surface area contributed by atoms with E-state index in [1.54, 1.807) is 7.11 Å². The van der Waals surface area contributed by atoms with Gasteiger partial charge in [0.1, 0.15) is 5.75 Å². The quantitative estimate of drug-likeness (QED) is 0.376. The fourth-order valence-corrected chi connectivity index (χ4v) is 5.00. The van der Waals surface area contributed by atoms with Crippen molar-refractivity contribution in [1.82, 2.24) is 14.9 Å². The molecule has 32 heavy (non-hydrogen) atoms.